The van der Waals surface area contributed by atoms with Crippen LogP contribution in [0.5, 0.6) is 0 Å². The summed E-state index contributed by atoms with van der Waals surface area (Å²) in [6, 6.07) is 0. The summed E-state index contributed by atoms with van der Waals surface area (Å²) >= 11 is 0. The molecule has 1 aliphatic rings. The highest BCUT2D eigenvalue weighted by molar-refractivity contribution is 5.31. The molecule has 0 saturated carbocycles. The first-order valence-electron chi connectivity index (χ1n) is 5.70. The van der Waals surface area contributed by atoms with E-state index in [1.54, 1.807) is 0 Å². The van der Waals surface area contributed by atoms with Crippen LogP contribution in [0.2, 0.25) is 0 Å². The monoisotopic (exact) mass is 205 g/mol. The fraction of sp³-hybridized carbons (Fsp3) is 0.667. The van der Waals surface area contributed by atoms with Crippen LogP contribution in [0.15, 0.2) is 12.4 Å². The molecule has 0 amide bonds. The van der Waals surface area contributed by atoms with E-state index in [-0.39, 0.29) is 0 Å². The summed E-state index contributed by atoms with van der Waals surface area (Å²) in [6.45, 7) is 8.83. The van der Waals surface area contributed by atoms with E-state index in [9.17, 15) is 0 Å². The van der Waals surface area contributed by atoms with Crippen molar-refractivity contribution in [2.24, 2.45) is 11.8 Å². The van der Waals surface area contributed by atoms with E-state index in [0.717, 1.165) is 36.4 Å². The summed E-state index contributed by atoms with van der Waals surface area (Å²) in [7, 11) is 0. The highest BCUT2D eigenvalue weighted by atomic mass is 15.3. The number of nitrogens with zero attached hydrogens (tertiary/aromatic N) is 3. The summed E-state index contributed by atoms with van der Waals surface area (Å²) in [5.74, 6) is 2.46. The van der Waals surface area contributed by atoms with Crippen molar-refractivity contribution in [3.63, 3.8) is 0 Å². The van der Waals surface area contributed by atoms with Gasteiger partial charge in [0.1, 0.15) is 0 Å². The lowest BCUT2D eigenvalue weighted by Crippen LogP contribution is -2.23. The van der Waals surface area contributed by atoms with Crippen LogP contribution in [0, 0.1) is 18.8 Å². The molecule has 1 fully saturated rings. The van der Waals surface area contributed by atoms with E-state index >= 15 is 0 Å². The van der Waals surface area contributed by atoms with E-state index in [1.807, 2.05) is 19.3 Å². The highest BCUT2D eigenvalue weighted by Gasteiger charge is 2.26. The third kappa shape index (κ3) is 2.28. The van der Waals surface area contributed by atoms with Crippen molar-refractivity contribution >= 4 is 5.95 Å². The maximum atomic E-state index is 4.37. The molecule has 1 saturated heterocycles. The lowest BCUT2D eigenvalue weighted by Gasteiger charge is -2.17. The molecule has 0 aromatic carbocycles. The van der Waals surface area contributed by atoms with Gasteiger partial charge in [-0.15, -0.1) is 0 Å². The molecular formula is C12H19N3. The largest absolute Gasteiger partial charge is 0.341 e. The van der Waals surface area contributed by atoms with E-state index in [0.29, 0.717) is 0 Å². The van der Waals surface area contributed by atoms with Gasteiger partial charge in [-0.25, -0.2) is 9.97 Å². The average Bonchev–Trinajstić information content (AvgIpc) is 2.68. The molecule has 1 aliphatic heterocycles. The van der Waals surface area contributed by atoms with Gasteiger partial charge in [0.05, 0.1) is 0 Å². The minimum absolute atomic E-state index is 0.764. The number of rotatable bonds is 2. The van der Waals surface area contributed by atoms with Crippen LogP contribution in [-0.4, -0.2) is 23.1 Å². The quantitative estimate of drug-likeness (QED) is 0.741. The summed E-state index contributed by atoms with van der Waals surface area (Å²) < 4.78 is 0. The second-order valence-corrected chi connectivity index (χ2v) is 4.80. The van der Waals surface area contributed by atoms with E-state index < -0.39 is 0 Å². The average molecular weight is 205 g/mol. The zero-order chi connectivity index (χ0) is 10.8. The van der Waals surface area contributed by atoms with Crippen molar-refractivity contribution in [1.29, 1.82) is 0 Å². The van der Waals surface area contributed by atoms with Crippen LogP contribution >= 0.6 is 0 Å². The van der Waals surface area contributed by atoms with Crippen LogP contribution in [-0.2, 0) is 0 Å². The highest BCUT2D eigenvalue weighted by Crippen LogP contribution is 2.25. The number of anilines is 1. The van der Waals surface area contributed by atoms with Crippen LogP contribution in [0.1, 0.15) is 25.8 Å². The Morgan fingerprint density at radius 3 is 2.53 bits per heavy atom. The van der Waals surface area contributed by atoms with Gasteiger partial charge in [0.2, 0.25) is 5.95 Å². The maximum absolute atomic E-state index is 4.37. The van der Waals surface area contributed by atoms with Crippen molar-refractivity contribution in [2.75, 3.05) is 18.0 Å². The van der Waals surface area contributed by atoms with Gasteiger partial charge in [-0.05, 0) is 30.7 Å². The first-order valence-corrected chi connectivity index (χ1v) is 5.70. The van der Waals surface area contributed by atoms with Gasteiger partial charge >= 0.3 is 0 Å². The molecule has 0 N–H and O–H groups in total. The Labute approximate surface area is 91.5 Å². The van der Waals surface area contributed by atoms with Crippen molar-refractivity contribution in [1.82, 2.24) is 9.97 Å². The van der Waals surface area contributed by atoms with E-state index in [1.165, 1.54) is 6.42 Å². The third-order valence-corrected chi connectivity index (χ3v) is 3.22. The molecule has 15 heavy (non-hydrogen) atoms. The van der Waals surface area contributed by atoms with Crippen molar-refractivity contribution in [2.45, 2.75) is 27.2 Å². The molecular weight excluding hydrogens is 186 g/mol. The van der Waals surface area contributed by atoms with Gasteiger partial charge in [-0.1, -0.05) is 13.8 Å². The Hall–Kier alpha value is -1.12. The Morgan fingerprint density at radius 2 is 2.00 bits per heavy atom. The maximum Gasteiger partial charge on any atom is 0.225 e. The summed E-state index contributed by atoms with van der Waals surface area (Å²) in [5, 5.41) is 0. The number of aromatic nitrogens is 2. The van der Waals surface area contributed by atoms with Crippen LogP contribution in [0.25, 0.3) is 0 Å². The second-order valence-electron chi connectivity index (χ2n) is 4.80. The van der Waals surface area contributed by atoms with Gasteiger partial charge < -0.3 is 4.90 Å². The topological polar surface area (TPSA) is 29.0 Å². The molecule has 2 heterocycles. The van der Waals surface area contributed by atoms with Crippen molar-refractivity contribution < 1.29 is 0 Å². The fourth-order valence-corrected chi connectivity index (χ4v) is 2.06. The Morgan fingerprint density at radius 1 is 1.33 bits per heavy atom. The van der Waals surface area contributed by atoms with Crippen LogP contribution in [0.4, 0.5) is 5.95 Å². The molecule has 1 aromatic heterocycles. The third-order valence-electron chi connectivity index (χ3n) is 3.22. The van der Waals surface area contributed by atoms with Crippen molar-refractivity contribution in [3.05, 3.63) is 18.0 Å². The number of aryl methyl sites for hydroxylation is 1. The first kappa shape index (κ1) is 10.4. The molecule has 0 aliphatic carbocycles. The molecule has 1 aromatic rings. The Kier molecular flexibility index (Phi) is 2.89. The van der Waals surface area contributed by atoms with Gasteiger partial charge in [-0.2, -0.15) is 0 Å². The standard InChI is InChI=1S/C12H19N3/c1-9(2)11-4-5-15(8-11)12-13-6-10(3)7-14-12/h6-7,9,11H,4-5,8H2,1-3H3/t11-/m0/s1. The molecule has 82 valence electrons. The summed E-state index contributed by atoms with van der Waals surface area (Å²) in [6.07, 6.45) is 5.06. The zero-order valence-corrected chi connectivity index (χ0v) is 9.77. The molecule has 3 heteroatoms. The minimum Gasteiger partial charge on any atom is -0.341 e. The van der Waals surface area contributed by atoms with Gasteiger partial charge in [0, 0.05) is 25.5 Å². The lowest BCUT2D eigenvalue weighted by molar-refractivity contribution is 0.422. The van der Waals surface area contributed by atoms with Crippen LogP contribution < -0.4 is 4.90 Å². The summed E-state index contributed by atoms with van der Waals surface area (Å²) in [5.41, 5.74) is 1.12. The predicted octanol–water partition coefficient (Wildman–Crippen LogP) is 2.27. The first-order chi connectivity index (χ1) is 7.16. The normalized spacial score (nSPS) is 21.3. The second kappa shape index (κ2) is 4.17. The summed E-state index contributed by atoms with van der Waals surface area (Å²) in [4.78, 5) is 11.0. The number of hydrogen-bond donors (Lipinski definition) is 0. The lowest BCUT2D eigenvalue weighted by atomic mass is 9.95. The fourth-order valence-electron chi connectivity index (χ4n) is 2.06. The molecule has 0 spiro atoms. The molecule has 0 unspecified atom stereocenters. The molecule has 0 bridgehead atoms. The number of hydrogen-bond acceptors (Lipinski definition) is 3. The van der Waals surface area contributed by atoms with Gasteiger partial charge in [-0.3, -0.25) is 0 Å². The SMILES string of the molecule is Cc1cnc(N2CC[C@H](C(C)C)C2)nc1. The van der Waals surface area contributed by atoms with Gasteiger partial charge in [0.25, 0.3) is 0 Å². The smallest absolute Gasteiger partial charge is 0.225 e. The predicted molar refractivity (Wildman–Crippen MR) is 61.9 cm³/mol. The van der Waals surface area contributed by atoms with Gasteiger partial charge in [0.15, 0.2) is 0 Å². The zero-order valence-electron chi connectivity index (χ0n) is 9.77. The van der Waals surface area contributed by atoms with E-state index in [2.05, 4.69) is 28.7 Å². The van der Waals surface area contributed by atoms with Crippen LogP contribution in [0.3, 0.4) is 0 Å². The Bertz CT molecular complexity index is 318. The van der Waals surface area contributed by atoms with Crippen molar-refractivity contribution in [3.8, 4) is 0 Å². The minimum atomic E-state index is 0.764. The molecule has 2 rings (SSSR count). The molecule has 3 nitrogen and oxygen atoms in total. The molecule has 1 atom stereocenters. The Balaban J connectivity index is 2.04. The molecule has 0 radical (unpaired) electrons. The van der Waals surface area contributed by atoms with E-state index in [4.69, 9.17) is 0 Å².